The van der Waals surface area contributed by atoms with Crippen LogP contribution in [0.15, 0.2) is 36.4 Å². The molecule has 1 heterocycles. The van der Waals surface area contributed by atoms with E-state index in [9.17, 15) is 14.0 Å². The third-order valence-electron chi connectivity index (χ3n) is 5.73. The van der Waals surface area contributed by atoms with Crippen LogP contribution < -0.4 is 10.2 Å². The number of anilines is 1. The molecule has 3 rings (SSSR count). The Labute approximate surface area is 210 Å². The number of nitrogens with zero attached hydrogens (tertiary/aromatic N) is 2. The van der Waals surface area contributed by atoms with Gasteiger partial charge in [0.05, 0.1) is 6.04 Å². The second kappa shape index (κ2) is 10.4. The van der Waals surface area contributed by atoms with Gasteiger partial charge < -0.3 is 15.0 Å². The fourth-order valence-electron chi connectivity index (χ4n) is 4.28. The number of nitrogens with one attached hydrogen (secondary N) is 1. The van der Waals surface area contributed by atoms with E-state index in [1.54, 1.807) is 45.0 Å². The maximum atomic E-state index is 13.9. The molecule has 6 nitrogen and oxygen atoms in total. The van der Waals surface area contributed by atoms with E-state index in [0.29, 0.717) is 23.0 Å². The summed E-state index contributed by atoms with van der Waals surface area (Å²) in [6, 6.07) is 8.30. The number of likely N-dealkylation sites (N-methyl/N-ethyl adjacent to an activating group) is 1. The number of ether oxygens (including phenoxy) is 1. The standard InChI is InChI=1S/C25H30Cl2FN3O3/c1-15-12-18(28)7-9-20(15)30-10-11-31(24(33)34-25(2,3)4)22(23(32)29-5)21(30)14-16-13-17(26)6-8-19(16)27/h6-9,12-13,21-22H,10-11,14H2,1-5H3,(H,29,32). The van der Waals surface area contributed by atoms with Crippen molar-refractivity contribution in [3.8, 4) is 0 Å². The summed E-state index contributed by atoms with van der Waals surface area (Å²) in [6.07, 6.45) is -0.244. The van der Waals surface area contributed by atoms with Crippen LogP contribution in [0.5, 0.6) is 0 Å². The lowest BCUT2D eigenvalue weighted by atomic mass is 9.92. The summed E-state index contributed by atoms with van der Waals surface area (Å²) >= 11 is 12.7. The summed E-state index contributed by atoms with van der Waals surface area (Å²) in [5, 5.41) is 3.70. The third kappa shape index (κ3) is 5.94. The van der Waals surface area contributed by atoms with Crippen molar-refractivity contribution in [3.05, 3.63) is 63.4 Å². The number of hydrogen-bond acceptors (Lipinski definition) is 4. The largest absolute Gasteiger partial charge is 0.444 e. The highest BCUT2D eigenvalue weighted by molar-refractivity contribution is 6.33. The van der Waals surface area contributed by atoms with E-state index in [-0.39, 0.29) is 18.3 Å². The average molecular weight is 510 g/mol. The molecule has 2 aromatic carbocycles. The number of piperazine rings is 1. The van der Waals surface area contributed by atoms with Crippen molar-refractivity contribution in [2.45, 2.75) is 51.8 Å². The number of aryl methyl sites for hydroxylation is 1. The molecule has 2 unspecified atom stereocenters. The van der Waals surface area contributed by atoms with Gasteiger partial charge in [0.1, 0.15) is 17.5 Å². The van der Waals surface area contributed by atoms with E-state index in [1.807, 2.05) is 11.8 Å². The SMILES string of the molecule is CNC(=O)C1C(Cc2cc(Cl)ccc2Cl)N(c2ccc(F)cc2C)CCN1C(=O)OC(C)(C)C. The predicted octanol–water partition coefficient (Wildman–Crippen LogP) is 5.22. The fourth-order valence-corrected chi connectivity index (χ4v) is 4.66. The lowest BCUT2D eigenvalue weighted by Crippen LogP contribution is -2.66. The van der Waals surface area contributed by atoms with Crippen molar-refractivity contribution in [3.63, 3.8) is 0 Å². The quantitative estimate of drug-likeness (QED) is 0.613. The van der Waals surface area contributed by atoms with Crippen molar-refractivity contribution < 1.29 is 18.7 Å². The number of carbonyl (C=O) groups is 2. The number of benzene rings is 2. The molecule has 0 radical (unpaired) electrons. The molecule has 9 heteroatoms. The molecule has 2 amide bonds. The smallest absolute Gasteiger partial charge is 0.411 e. The first-order valence-corrected chi connectivity index (χ1v) is 11.8. The van der Waals surface area contributed by atoms with E-state index in [4.69, 9.17) is 27.9 Å². The minimum absolute atomic E-state index is 0.254. The first kappa shape index (κ1) is 26.1. The lowest BCUT2D eigenvalue weighted by Gasteiger charge is -2.48. The Hall–Kier alpha value is -2.51. The van der Waals surface area contributed by atoms with Gasteiger partial charge in [-0.25, -0.2) is 9.18 Å². The first-order valence-electron chi connectivity index (χ1n) is 11.1. The van der Waals surface area contributed by atoms with Crippen LogP contribution in [-0.2, 0) is 16.0 Å². The minimum atomic E-state index is -0.881. The summed E-state index contributed by atoms with van der Waals surface area (Å²) < 4.78 is 19.5. The molecule has 0 saturated carbocycles. The molecule has 0 spiro atoms. The molecule has 1 saturated heterocycles. The highest BCUT2D eigenvalue weighted by Crippen LogP contribution is 2.33. The van der Waals surface area contributed by atoms with E-state index in [2.05, 4.69) is 5.32 Å². The Morgan fingerprint density at radius 1 is 1.15 bits per heavy atom. The van der Waals surface area contributed by atoms with Gasteiger partial charge in [0.25, 0.3) is 0 Å². The molecule has 1 aliphatic heterocycles. The van der Waals surface area contributed by atoms with E-state index < -0.39 is 23.8 Å². The summed E-state index contributed by atoms with van der Waals surface area (Å²) in [5.74, 6) is -0.676. The van der Waals surface area contributed by atoms with Crippen molar-refractivity contribution >= 4 is 40.9 Å². The van der Waals surface area contributed by atoms with Gasteiger partial charge in [-0.15, -0.1) is 0 Å². The van der Waals surface area contributed by atoms with Crippen LogP contribution >= 0.6 is 23.2 Å². The van der Waals surface area contributed by atoms with Crippen molar-refractivity contribution in [1.29, 1.82) is 0 Å². The van der Waals surface area contributed by atoms with Gasteiger partial charge in [0, 0.05) is 35.9 Å². The molecule has 2 aromatic rings. The molecule has 1 N–H and O–H groups in total. The van der Waals surface area contributed by atoms with E-state index >= 15 is 0 Å². The molecule has 0 aromatic heterocycles. The van der Waals surface area contributed by atoms with E-state index in [0.717, 1.165) is 16.8 Å². The zero-order chi connectivity index (χ0) is 25.2. The van der Waals surface area contributed by atoms with Crippen LogP contribution in [0.3, 0.4) is 0 Å². The molecule has 1 fully saturated rings. The summed E-state index contributed by atoms with van der Waals surface area (Å²) in [4.78, 5) is 29.8. The van der Waals surface area contributed by atoms with Gasteiger partial charge in [-0.1, -0.05) is 23.2 Å². The van der Waals surface area contributed by atoms with Gasteiger partial charge >= 0.3 is 6.09 Å². The van der Waals surface area contributed by atoms with Crippen LogP contribution in [0.2, 0.25) is 10.0 Å². The van der Waals surface area contributed by atoms with Crippen LogP contribution in [0.4, 0.5) is 14.9 Å². The zero-order valence-electron chi connectivity index (χ0n) is 20.0. The number of amides is 2. The van der Waals surface area contributed by atoms with Gasteiger partial charge in [-0.2, -0.15) is 0 Å². The highest BCUT2D eigenvalue weighted by atomic mass is 35.5. The number of hydrogen-bond donors (Lipinski definition) is 1. The van der Waals surface area contributed by atoms with Crippen molar-refractivity contribution in [2.24, 2.45) is 0 Å². The van der Waals surface area contributed by atoms with Crippen molar-refractivity contribution in [1.82, 2.24) is 10.2 Å². The highest BCUT2D eigenvalue weighted by Gasteiger charge is 2.45. The zero-order valence-corrected chi connectivity index (χ0v) is 21.5. The Balaban J connectivity index is 2.11. The second-order valence-electron chi connectivity index (χ2n) is 9.36. The van der Waals surface area contributed by atoms with Crippen molar-refractivity contribution in [2.75, 3.05) is 25.0 Å². The molecule has 2 atom stereocenters. The van der Waals surface area contributed by atoms with Crippen LogP contribution in [-0.4, -0.2) is 54.7 Å². The molecule has 1 aliphatic rings. The second-order valence-corrected chi connectivity index (χ2v) is 10.2. The molecule has 0 bridgehead atoms. The number of rotatable bonds is 4. The van der Waals surface area contributed by atoms with Gasteiger partial charge in [-0.05, 0) is 81.6 Å². The van der Waals surface area contributed by atoms with Crippen LogP contribution in [0.25, 0.3) is 0 Å². The lowest BCUT2D eigenvalue weighted by molar-refractivity contribution is -0.127. The molecular weight excluding hydrogens is 480 g/mol. The molecular formula is C25H30Cl2FN3O3. The van der Waals surface area contributed by atoms with Crippen LogP contribution in [0, 0.1) is 12.7 Å². The Kier molecular flexibility index (Phi) is 7.98. The Morgan fingerprint density at radius 2 is 1.85 bits per heavy atom. The van der Waals surface area contributed by atoms with E-state index in [1.165, 1.54) is 24.1 Å². The Bertz CT molecular complexity index is 1070. The normalized spacial score (nSPS) is 18.6. The number of halogens is 3. The fraction of sp³-hybridized carbons (Fsp3) is 0.440. The number of carbonyl (C=O) groups excluding carboxylic acids is 2. The summed E-state index contributed by atoms with van der Waals surface area (Å²) in [6.45, 7) is 7.83. The molecule has 184 valence electrons. The van der Waals surface area contributed by atoms with Gasteiger partial charge in [0.2, 0.25) is 5.91 Å². The maximum Gasteiger partial charge on any atom is 0.411 e. The predicted molar refractivity (Wildman–Crippen MR) is 133 cm³/mol. The monoisotopic (exact) mass is 509 g/mol. The first-order chi connectivity index (χ1) is 15.9. The topological polar surface area (TPSA) is 61.9 Å². The average Bonchev–Trinajstić information content (AvgIpc) is 2.74. The maximum absolute atomic E-state index is 13.9. The van der Waals surface area contributed by atoms with Crippen LogP contribution in [0.1, 0.15) is 31.9 Å². The van der Waals surface area contributed by atoms with Gasteiger partial charge in [-0.3, -0.25) is 9.69 Å². The third-order valence-corrected chi connectivity index (χ3v) is 6.33. The molecule has 0 aliphatic carbocycles. The molecule has 34 heavy (non-hydrogen) atoms. The minimum Gasteiger partial charge on any atom is -0.444 e. The summed E-state index contributed by atoms with van der Waals surface area (Å²) in [7, 11) is 1.53. The Morgan fingerprint density at radius 3 is 2.47 bits per heavy atom. The summed E-state index contributed by atoms with van der Waals surface area (Å²) in [5.41, 5.74) is 1.52. The van der Waals surface area contributed by atoms with Gasteiger partial charge in [0.15, 0.2) is 0 Å².